The molecule has 2 aliphatic rings. The van der Waals surface area contributed by atoms with Crippen LogP contribution in [0.4, 0.5) is 0 Å². The zero-order valence-electron chi connectivity index (χ0n) is 11.5. The van der Waals surface area contributed by atoms with Crippen LogP contribution in [0.2, 0.25) is 0 Å². The predicted octanol–water partition coefficient (Wildman–Crippen LogP) is 1.25. The van der Waals surface area contributed by atoms with Crippen LogP contribution in [-0.2, 0) is 4.79 Å². The third-order valence-corrected chi connectivity index (χ3v) is 4.06. The molecule has 2 rings (SSSR count). The normalized spacial score (nSPS) is 23.9. The molecule has 1 aliphatic carbocycles. The standard InChI is InChI=1S/C14H27N3O/c1-2-3-11(15)10-14(18)16-12-6-8-17(9-7-12)13-4-5-13/h11-13H,2-10,15H2,1H3,(H,16,18). The SMILES string of the molecule is CCCC(N)CC(=O)NC1CCN(C2CC2)CC1. The molecule has 0 bridgehead atoms. The second-order valence-electron chi connectivity index (χ2n) is 5.86. The van der Waals surface area contributed by atoms with Gasteiger partial charge in [-0.05, 0) is 32.1 Å². The highest BCUT2D eigenvalue weighted by molar-refractivity contribution is 5.76. The van der Waals surface area contributed by atoms with Crippen molar-refractivity contribution in [3.63, 3.8) is 0 Å². The van der Waals surface area contributed by atoms with E-state index in [1.807, 2.05) is 0 Å². The number of hydrogen-bond acceptors (Lipinski definition) is 3. The molecule has 1 saturated carbocycles. The van der Waals surface area contributed by atoms with Gasteiger partial charge in [-0.25, -0.2) is 0 Å². The predicted molar refractivity (Wildman–Crippen MR) is 73.3 cm³/mol. The third-order valence-electron chi connectivity index (χ3n) is 4.06. The van der Waals surface area contributed by atoms with E-state index in [-0.39, 0.29) is 11.9 Å². The van der Waals surface area contributed by atoms with Gasteiger partial charge in [-0.2, -0.15) is 0 Å². The van der Waals surface area contributed by atoms with E-state index in [9.17, 15) is 4.79 Å². The van der Waals surface area contributed by atoms with Gasteiger partial charge in [-0.1, -0.05) is 13.3 Å². The number of carbonyl (C=O) groups excluding carboxylic acids is 1. The number of carbonyl (C=O) groups is 1. The Labute approximate surface area is 110 Å². The van der Waals surface area contributed by atoms with E-state index in [0.717, 1.165) is 44.8 Å². The molecule has 0 spiro atoms. The molecule has 1 aliphatic heterocycles. The Kier molecular flexibility index (Phi) is 5.01. The van der Waals surface area contributed by atoms with E-state index in [1.165, 1.54) is 12.8 Å². The van der Waals surface area contributed by atoms with Crippen molar-refractivity contribution >= 4 is 5.91 Å². The summed E-state index contributed by atoms with van der Waals surface area (Å²) in [7, 11) is 0. The Morgan fingerprint density at radius 1 is 1.33 bits per heavy atom. The molecule has 1 atom stereocenters. The number of likely N-dealkylation sites (tertiary alicyclic amines) is 1. The van der Waals surface area contributed by atoms with E-state index in [2.05, 4.69) is 17.1 Å². The molecule has 4 nitrogen and oxygen atoms in total. The smallest absolute Gasteiger partial charge is 0.221 e. The van der Waals surface area contributed by atoms with Crippen LogP contribution in [0.1, 0.15) is 51.9 Å². The van der Waals surface area contributed by atoms with Gasteiger partial charge in [-0.3, -0.25) is 4.79 Å². The molecule has 104 valence electrons. The van der Waals surface area contributed by atoms with Gasteiger partial charge < -0.3 is 16.0 Å². The Bertz CT molecular complexity index is 270. The summed E-state index contributed by atoms with van der Waals surface area (Å²) in [6.45, 7) is 4.40. The average Bonchev–Trinajstić information content (AvgIpc) is 3.14. The van der Waals surface area contributed by atoms with E-state index >= 15 is 0 Å². The number of rotatable bonds is 6. The molecule has 4 heteroatoms. The lowest BCUT2D eigenvalue weighted by Gasteiger charge is -2.32. The maximum absolute atomic E-state index is 11.8. The summed E-state index contributed by atoms with van der Waals surface area (Å²) < 4.78 is 0. The summed E-state index contributed by atoms with van der Waals surface area (Å²) in [6.07, 6.45) is 7.43. The molecular weight excluding hydrogens is 226 g/mol. The lowest BCUT2D eigenvalue weighted by Crippen LogP contribution is -2.46. The topological polar surface area (TPSA) is 58.4 Å². The van der Waals surface area contributed by atoms with Crippen molar-refractivity contribution < 1.29 is 4.79 Å². The second kappa shape index (κ2) is 6.53. The van der Waals surface area contributed by atoms with Gasteiger partial charge in [0.15, 0.2) is 0 Å². The first-order chi connectivity index (χ1) is 8.69. The van der Waals surface area contributed by atoms with Crippen molar-refractivity contribution in [3.8, 4) is 0 Å². The number of amides is 1. The van der Waals surface area contributed by atoms with Crippen LogP contribution in [0, 0.1) is 0 Å². The van der Waals surface area contributed by atoms with Crippen LogP contribution in [0.5, 0.6) is 0 Å². The molecule has 1 amide bonds. The fourth-order valence-corrected chi connectivity index (χ4v) is 2.85. The molecule has 0 aromatic heterocycles. The minimum atomic E-state index is 0.0292. The highest BCUT2D eigenvalue weighted by Gasteiger charge is 2.32. The molecule has 2 fully saturated rings. The average molecular weight is 253 g/mol. The summed E-state index contributed by atoms with van der Waals surface area (Å²) in [5.41, 5.74) is 5.89. The Balaban J connectivity index is 1.62. The van der Waals surface area contributed by atoms with Crippen molar-refractivity contribution in [3.05, 3.63) is 0 Å². The van der Waals surface area contributed by atoms with Gasteiger partial charge in [0.1, 0.15) is 0 Å². The Hall–Kier alpha value is -0.610. The van der Waals surface area contributed by atoms with Crippen molar-refractivity contribution in [2.75, 3.05) is 13.1 Å². The summed E-state index contributed by atoms with van der Waals surface area (Å²) in [5, 5.41) is 3.14. The number of piperidine rings is 1. The molecule has 0 aromatic rings. The van der Waals surface area contributed by atoms with E-state index in [0.29, 0.717) is 12.5 Å². The van der Waals surface area contributed by atoms with Gasteiger partial charge >= 0.3 is 0 Å². The summed E-state index contributed by atoms with van der Waals surface area (Å²) in [6, 6.07) is 1.27. The van der Waals surface area contributed by atoms with Crippen molar-refractivity contribution in [1.29, 1.82) is 0 Å². The van der Waals surface area contributed by atoms with Crippen molar-refractivity contribution in [2.24, 2.45) is 5.73 Å². The van der Waals surface area contributed by atoms with Crippen LogP contribution >= 0.6 is 0 Å². The first kappa shape index (κ1) is 13.8. The molecule has 18 heavy (non-hydrogen) atoms. The molecule has 1 saturated heterocycles. The van der Waals surface area contributed by atoms with E-state index < -0.39 is 0 Å². The van der Waals surface area contributed by atoms with Gasteiger partial charge in [0.25, 0.3) is 0 Å². The van der Waals surface area contributed by atoms with Crippen LogP contribution in [0.15, 0.2) is 0 Å². The van der Waals surface area contributed by atoms with Crippen LogP contribution in [0.25, 0.3) is 0 Å². The van der Waals surface area contributed by atoms with Gasteiger partial charge in [0.2, 0.25) is 5.91 Å². The zero-order valence-corrected chi connectivity index (χ0v) is 11.5. The molecule has 0 aromatic carbocycles. The number of hydrogen-bond donors (Lipinski definition) is 2. The number of nitrogens with zero attached hydrogens (tertiary/aromatic N) is 1. The van der Waals surface area contributed by atoms with Crippen molar-refractivity contribution in [2.45, 2.75) is 70.0 Å². The lowest BCUT2D eigenvalue weighted by atomic mass is 10.0. The fourth-order valence-electron chi connectivity index (χ4n) is 2.85. The molecule has 0 radical (unpaired) electrons. The van der Waals surface area contributed by atoms with E-state index in [4.69, 9.17) is 5.73 Å². The number of nitrogens with one attached hydrogen (secondary N) is 1. The fraction of sp³-hybridized carbons (Fsp3) is 0.929. The summed E-state index contributed by atoms with van der Waals surface area (Å²) in [5.74, 6) is 0.140. The van der Waals surface area contributed by atoms with Crippen LogP contribution < -0.4 is 11.1 Å². The highest BCUT2D eigenvalue weighted by Crippen LogP contribution is 2.29. The minimum absolute atomic E-state index is 0.0292. The minimum Gasteiger partial charge on any atom is -0.353 e. The first-order valence-corrected chi connectivity index (χ1v) is 7.48. The van der Waals surface area contributed by atoms with Gasteiger partial charge in [0, 0.05) is 37.6 Å². The van der Waals surface area contributed by atoms with E-state index in [1.54, 1.807) is 0 Å². The highest BCUT2D eigenvalue weighted by atomic mass is 16.1. The second-order valence-corrected chi connectivity index (χ2v) is 5.86. The monoisotopic (exact) mass is 253 g/mol. The molecular formula is C14H27N3O. The molecule has 3 N–H and O–H groups in total. The maximum Gasteiger partial charge on any atom is 0.221 e. The number of nitrogens with two attached hydrogens (primary N) is 1. The third kappa shape index (κ3) is 4.25. The Morgan fingerprint density at radius 2 is 2.00 bits per heavy atom. The van der Waals surface area contributed by atoms with Crippen LogP contribution in [-0.4, -0.2) is 42.0 Å². The Morgan fingerprint density at radius 3 is 2.56 bits per heavy atom. The van der Waals surface area contributed by atoms with Crippen molar-refractivity contribution in [1.82, 2.24) is 10.2 Å². The zero-order chi connectivity index (χ0) is 13.0. The molecule has 1 unspecified atom stereocenters. The lowest BCUT2D eigenvalue weighted by molar-refractivity contribution is -0.122. The quantitative estimate of drug-likeness (QED) is 0.749. The first-order valence-electron chi connectivity index (χ1n) is 7.48. The summed E-state index contributed by atoms with van der Waals surface area (Å²) in [4.78, 5) is 14.4. The largest absolute Gasteiger partial charge is 0.353 e. The van der Waals surface area contributed by atoms with Gasteiger partial charge in [-0.15, -0.1) is 0 Å². The van der Waals surface area contributed by atoms with Crippen LogP contribution in [0.3, 0.4) is 0 Å². The maximum atomic E-state index is 11.8. The molecule has 1 heterocycles. The summed E-state index contributed by atoms with van der Waals surface area (Å²) >= 11 is 0. The van der Waals surface area contributed by atoms with Gasteiger partial charge in [0.05, 0.1) is 0 Å².